The number of rotatable bonds is 8. The van der Waals surface area contributed by atoms with E-state index in [0.29, 0.717) is 18.1 Å². The summed E-state index contributed by atoms with van der Waals surface area (Å²) >= 11 is 1.50. The smallest absolute Gasteiger partial charge is 0.192 e. The van der Waals surface area contributed by atoms with Gasteiger partial charge in [0.25, 0.3) is 0 Å². The average molecular weight is 409 g/mol. The Morgan fingerprint density at radius 3 is 2.69 bits per heavy atom. The lowest BCUT2D eigenvalue weighted by molar-refractivity contribution is 0.287. The minimum Gasteiger partial charge on any atom is -0.486 e. The minimum absolute atomic E-state index is 0.243. The van der Waals surface area contributed by atoms with Gasteiger partial charge in [0.1, 0.15) is 23.9 Å². The summed E-state index contributed by atoms with van der Waals surface area (Å²) in [6.45, 7) is 2.82. The van der Waals surface area contributed by atoms with Crippen LogP contribution in [-0.4, -0.2) is 14.8 Å². The van der Waals surface area contributed by atoms with Gasteiger partial charge in [-0.05, 0) is 48.9 Å². The summed E-state index contributed by atoms with van der Waals surface area (Å²) in [6, 6.07) is 18.2. The number of furan rings is 1. The van der Waals surface area contributed by atoms with E-state index in [4.69, 9.17) is 9.15 Å². The van der Waals surface area contributed by atoms with E-state index in [-0.39, 0.29) is 12.4 Å². The summed E-state index contributed by atoms with van der Waals surface area (Å²) in [5.74, 6) is 2.62. The van der Waals surface area contributed by atoms with Crippen molar-refractivity contribution in [1.82, 2.24) is 14.8 Å². The van der Waals surface area contributed by atoms with Crippen LogP contribution in [0.15, 0.2) is 76.5 Å². The molecule has 0 aliphatic rings. The van der Waals surface area contributed by atoms with Crippen molar-refractivity contribution in [2.24, 2.45) is 0 Å². The van der Waals surface area contributed by atoms with Gasteiger partial charge >= 0.3 is 0 Å². The van der Waals surface area contributed by atoms with Crippen molar-refractivity contribution in [3.05, 3.63) is 95.5 Å². The van der Waals surface area contributed by atoms with Gasteiger partial charge in [-0.25, -0.2) is 4.39 Å². The lowest BCUT2D eigenvalue weighted by atomic mass is 10.2. The second-order valence-electron chi connectivity index (χ2n) is 6.58. The van der Waals surface area contributed by atoms with Crippen LogP contribution in [0, 0.1) is 12.7 Å². The van der Waals surface area contributed by atoms with Crippen LogP contribution >= 0.6 is 11.8 Å². The molecule has 0 atom stereocenters. The molecule has 0 radical (unpaired) electrons. The van der Waals surface area contributed by atoms with Gasteiger partial charge in [0, 0.05) is 5.75 Å². The second kappa shape index (κ2) is 8.96. The van der Waals surface area contributed by atoms with Crippen LogP contribution < -0.4 is 4.74 Å². The van der Waals surface area contributed by atoms with Crippen molar-refractivity contribution in [3.8, 4) is 5.75 Å². The van der Waals surface area contributed by atoms with Crippen LogP contribution in [0.1, 0.15) is 22.7 Å². The van der Waals surface area contributed by atoms with E-state index in [0.717, 1.165) is 22.2 Å². The lowest BCUT2D eigenvalue weighted by Gasteiger charge is -2.10. The normalized spacial score (nSPS) is 11.0. The molecule has 0 saturated carbocycles. The Bertz CT molecular complexity index is 1060. The summed E-state index contributed by atoms with van der Waals surface area (Å²) in [6.07, 6.45) is 1.64. The number of hydrogen-bond acceptors (Lipinski definition) is 5. The van der Waals surface area contributed by atoms with E-state index in [9.17, 15) is 4.39 Å². The van der Waals surface area contributed by atoms with Gasteiger partial charge in [0.05, 0.1) is 12.8 Å². The van der Waals surface area contributed by atoms with Gasteiger partial charge in [0.15, 0.2) is 11.0 Å². The maximum absolute atomic E-state index is 13.4. The molecule has 5 nitrogen and oxygen atoms in total. The molecule has 7 heteroatoms. The molecule has 0 aliphatic heterocycles. The zero-order chi connectivity index (χ0) is 20.1. The van der Waals surface area contributed by atoms with Gasteiger partial charge < -0.3 is 9.15 Å². The van der Waals surface area contributed by atoms with E-state index < -0.39 is 0 Å². The topological polar surface area (TPSA) is 53.1 Å². The molecule has 0 unspecified atom stereocenters. The number of thioether (sulfide) groups is 1. The van der Waals surface area contributed by atoms with Crippen LogP contribution in [0.5, 0.6) is 5.75 Å². The van der Waals surface area contributed by atoms with Gasteiger partial charge in [-0.3, -0.25) is 4.57 Å². The number of aromatic nitrogens is 3. The van der Waals surface area contributed by atoms with Crippen LogP contribution in [0.4, 0.5) is 4.39 Å². The Balaban J connectivity index is 1.51. The molecule has 0 amide bonds. The maximum atomic E-state index is 13.4. The quantitative estimate of drug-likeness (QED) is 0.373. The van der Waals surface area contributed by atoms with Crippen molar-refractivity contribution in [2.75, 3.05) is 0 Å². The van der Waals surface area contributed by atoms with Gasteiger partial charge in [0.2, 0.25) is 0 Å². The standard InChI is InChI=1S/C22H20FN3O2S/c1-16-7-9-19(10-8-16)28-14-21-24-25-22(26(21)13-20-6-3-11-27-20)29-15-17-4-2-5-18(23)12-17/h2-12H,13-15H2,1H3. The molecule has 4 rings (SSSR count). The molecule has 4 aromatic rings. The molecule has 0 aliphatic carbocycles. The molecule has 148 valence electrons. The van der Waals surface area contributed by atoms with E-state index >= 15 is 0 Å². The van der Waals surface area contributed by atoms with Crippen molar-refractivity contribution in [2.45, 2.75) is 31.0 Å². The SMILES string of the molecule is Cc1ccc(OCc2nnc(SCc3cccc(F)c3)n2Cc2ccco2)cc1. The first-order chi connectivity index (χ1) is 14.2. The van der Waals surface area contributed by atoms with E-state index in [1.54, 1.807) is 12.3 Å². The highest BCUT2D eigenvalue weighted by molar-refractivity contribution is 7.98. The van der Waals surface area contributed by atoms with Crippen LogP contribution in [-0.2, 0) is 18.9 Å². The zero-order valence-corrected chi connectivity index (χ0v) is 16.7. The van der Waals surface area contributed by atoms with Crippen molar-refractivity contribution < 1.29 is 13.5 Å². The summed E-state index contributed by atoms with van der Waals surface area (Å²) < 4.78 is 26.8. The van der Waals surface area contributed by atoms with Crippen molar-refractivity contribution in [3.63, 3.8) is 0 Å². The predicted molar refractivity (Wildman–Crippen MR) is 109 cm³/mol. The first-order valence-electron chi connectivity index (χ1n) is 9.18. The molecule has 29 heavy (non-hydrogen) atoms. The average Bonchev–Trinajstić information content (AvgIpc) is 3.37. The second-order valence-corrected chi connectivity index (χ2v) is 7.53. The number of hydrogen-bond donors (Lipinski definition) is 0. The number of benzene rings is 2. The summed E-state index contributed by atoms with van der Waals surface area (Å²) in [5.41, 5.74) is 2.06. The third-order valence-electron chi connectivity index (χ3n) is 4.33. The highest BCUT2D eigenvalue weighted by atomic mass is 32.2. The van der Waals surface area contributed by atoms with E-state index in [1.807, 2.05) is 54.0 Å². The summed E-state index contributed by atoms with van der Waals surface area (Å²) in [4.78, 5) is 0. The minimum atomic E-state index is -0.243. The fraction of sp³-hybridized carbons (Fsp3) is 0.182. The monoisotopic (exact) mass is 409 g/mol. The highest BCUT2D eigenvalue weighted by Gasteiger charge is 2.15. The Morgan fingerprint density at radius 1 is 1.07 bits per heavy atom. The van der Waals surface area contributed by atoms with Crippen LogP contribution in [0.25, 0.3) is 0 Å². The Kier molecular flexibility index (Phi) is 5.95. The van der Waals surface area contributed by atoms with Gasteiger partial charge in [-0.2, -0.15) is 0 Å². The lowest BCUT2D eigenvalue weighted by Crippen LogP contribution is -2.09. The fourth-order valence-corrected chi connectivity index (χ4v) is 3.71. The Morgan fingerprint density at radius 2 is 1.93 bits per heavy atom. The van der Waals surface area contributed by atoms with Crippen molar-refractivity contribution in [1.29, 1.82) is 0 Å². The third kappa shape index (κ3) is 5.06. The molecule has 2 aromatic carbocycles. The summed E-state index contributed by atoms with van der Waals surface area (Å²) in [5, 5.41) is 9.36. The number of aryl methyl sites for hydroxylation is 1. The molecule has 2 heterocycles. The van der Waals surface area contributed by atoms with Gasteiger partial charge in [-0.15, -0.1) is 10.2 Å². The van der Waals surface area contributed by atoms with E-state index in [2.05, 4.69) is 10.2 Å². The van der Waals surface area contributed by atoms with Crippen molar-refractivity contribution >= 4 is 11.8 Å². The summed E-state index contributed by atoms with van der Waals surface area (Å²) in [7, 11) is 0. The number of ether oxygens (including phenoxy) is 1. The molecule has 0 spiro atoms. The zero-order valence-electron chi connectivity index (χ0n) is 15.9. The van der Waals surface area contributed by atoms with Gasteiger partial charge in [-0.1, -0.05) is 41.6 Å². The fourth-order valence-electron chi connectivity index (χ4n) is 2.81. The predicted octanol–water partition coefficient (Wildman–Crippen LogP) is 5.24. The van der Waals surface area contributed by atoms with Crippen LogP contribution in [0.3, 0.4) is 0 Å². The number of nitrogens with zero attached hydrogens (tertiary/aromatic N) is 3. The third-order valence-corrected chi connectivity index (χ3v) is 5.37. The molecular formula is C22H20FN3O2S. The maximum Gasteiger partial charge on any atom is 0.192 e. The van der Waals surface area contributed by atoms with Crippen LogP contribution in [0.2, 0.25) is 0 Å². The molecule has 0 bridgehead atoms. The molecule has 2 aromatic heterocycles. The number of halogens is 1. The highest BCUT2D eigenvalue weighted by Crippen LogP contribution is 2.24. The first-order valence-corrected chi connectivity index (χ1v) is 10.2. The molecule has 0 fully saturated rings. The largest absolute Gasteiger partial charge is 0.486 e. The van der Waals surface area contributed by atoms with E-state index in [1.165, 1.54) is 29.5 Å². The Labute approximate surface area is 172 Å². The Hall–Kier alpha value is -3.06. The molecule has 0 saturated heterocycles. The first kappa shape index (κ1) is 19.3. The molecule has 0 N–H and O–H groups in total. The molecular weight excluding hydrogens is 389 g/mol.